The van der Waals surface area contributed by atoms with Crippen LogP contribution in [0.15, 0.2) is 18.6 Å². The molecule has 24 heavy (non-hydrogen) atoms. The van der Waals surface area contributed by atoms with Crippen molar-refractivity contribution in [2.24, 2.45) is 7.05 Å². The van der Waals surface area contributed by atoms with Crippen molar-refractivity contribution in [1.29, 1.82) is 0 Å². The zero-order valence-corrected chi connectivity index (χ0v) is 14.4. The number of ether oxygens (including phenoxy) is 1. The predicted molar refractivity (Wildman–Crippen MR) is 88.3 cm³/mol. The topological polar surface area (TPSA) is 81.9 Å². The van der Waals surface area contributed by atoms with Crippen LogP contribution in [0.2, 0.25) is 0 Å². The SMILES string of the molecule is Cc1nn(C)cc1C(=O)NCc1cnc([C@]2(C)CCCCO2)nc1. The second-order valence-electron chi connectivity index (χ2n) is 6.44. The molecule has 7 nitrogen and oxygen atoms in total. The molecule has 0 bridgehead atoms. The highest BCUT2D eigenvalue weighted by Gasteiger charge is 2.32. The highest BCUT2D eigenvalue weighted by Crippen LogP contribution is 2.32. The Morgan fingerprint density at radius 3 is 2.71 bits per heavy atom. The monoisotopic (exact) mass is 329 g/mol. The molecule has 0 aromatic carbocycles. The van der Waals surface area contributed by atoms with Crippen molar-refractivity contribution in [3.63, 3.8) is 0 Å². The van der Waals surface area contributed by atoms with Crippen molar-refractivity contribution in [1.82, 2.24) is 25.1 Å². The first-order chi connectivity index (χ1) is 11.5. The van der Waals surface area contributed by atoms with Crippen molar-refractivity contribution in [3.05, 3.63) is 41.2 Å². The summed E-state index contributed by atoms with van der Waals surface area (Å²) in [6, 6.07) is 0. The molecule has 1 N–H and O–H groups in total. The Hall–Kier alpha value is -2.28. The third-order valence-corrected chi connectivity index (χ3v) is 4.36. The second-order valence-corrected chi connectivity index (χ2v) is 6.44. The van der Waals surface area contributed by atoms with Gasteiger partial charge in [-0.2, -0.15) is 5.10 Å². The number of carbonyl (C=O) groups excluding carboxylic acids is 1. The first kappa shape index (κ1) is 16.6. The van der Waals surface area contributed by atoms with Gasteiger partial charge in [-0.1, -0.05) is 0 Å². The number of nitrogens with zero attached hydrogens (tertiary/aromatic N) is 4. The van der Waals surface area contributed by atoms with E-state index in [4.69, 9.17) is 4.74 Å². The van der Waals surface area contributed by atoms with Crippen LogP contribution in [0.4, 0.5) is 0 Å². The third-order valence-electron chi connectivity index (χ3n) is 4.36. The molecule has 1 aliphatic rings. The molecule has 1 atom stereocenters. The van der Waals surface area contributed by atoms with Gasteiger partial charge < -0.3 is 10.1 Å². The fourth-order valence-corrected chi connectivity index (χ4v) is 2.93. The van der Waals surface area contributed by atoms with Crippen LogP contribution in [0.25, 0.3) is 0 Å². The lowest BCUT2D eigenvalue weighted by Gasteiger charge is -2.32. The number of hydrogen-bond acceptors (Lipinski definition) is 5. The summed E-state index contributed by atoms with van der Waals surface area (Å²) >= 11 is 0. The van der Waals surface area contributed by atoms with E-state index in [1.54, 1.807) is 30.3 Å². The third kappa shape index (κ3) is 3.46. The van der Waals surface area contributed by atoms with Crippen LogP contribution in [-0.4, -0.2) is 32.3 Å². The second kappa shape index (κ2) is 6.68. The molecule has 3 rings (SSSR count). The minimum atomic E-state index is -0.396. The standard InChI is InChI=1S/C17H23N5O2/c1-12-14(11-22(3)21-12)15(23)18-8-13-9-19-16(20-10-13)17(2)6-4-5-7-24-17/h9-11H,4-8H2,1-3H3,(H,18,23)/t17-/m0/s1. The quantitative estimate of drug-likeness (QED) is 0.926. The van der Waals surface area contributed by atoms with E-state index >= 15 is 0 Å². The molecular weight excluding hydrogens is 306 g/mol. The average Bonchev–Trinajstić information content (AvgIpc) is 2.92. The maximum Gasteiger partial charge on any atom is 0.255 e. The molecule has 1 aliphatic heterocycles. The normalized spacial score (nSPS) is 20.8. The average molecular weight is 329 g/mol. The van der Waals surface area contributed by atoms with Crippen molar-refractivity contribution in [2.45, 2.75) is 45.3 Å². The fraction of sp³-hybridized carbons (Fsp3) is 0.529. The van der Waals surface area contributed by atoms with Crippen LogP contribution in [0.5, 0.6) is 0 Å². The number of aromatic nitrogens is 4. The van der Waals surface area contributed by atoms with Crippen molar-refractivity contribution >= 4 is 5.91 Å². The van der Waals surface area contributed by atoms with Gasteiger partial charge in [0.15, 0.2) is 5.82 Å². The van der Waals surface area contributed by atoms with Gasteiger partial charge in [0.1, 0.15) is 5.60 Å². The summed E-state index contributed by atoms with van der Waals surface area (Å²) in [5.74, 6) is 0.563. The molecule has 7 heteroatoms. The van der Waals surface area contributed by atoms with Gasteiger partial charge in [0.05, 0.1) is 11.3 Å². The van der Waals surface area contributed by atoms with Crippen LogP contribution in [0.1, 0.15) is 53.6 Å². The van der Waals surface area contributed by atoms with E-state index in [-0.39, 0.29) is 5.91 Å². The van der Waals surface area contributed by atoms with Gasteiger partial charge in [-0.3, -0.25) is 9.48 Å². The van der Waals surface area contributed by atoms with E-state index in [1.807, 2.05) is 13.8 Å². The number of rotatable bonds is 4. The molecule has 0 radical (unpaired) electrons. The van der Waals surface area contributed by atoms with Crippen molar-refractivity contribution in [3.8, 4) is 0 Å². The van der Waals surface area contributed by atoms with Crippen LogP contribution in [-0.2, 0) is 23.9 Å². The first-order valence-electron chi connectivity index (χ1n) is 8.22. The first-order valence-corrected chi connectivity index (χ1v) is 8.22. The van der Waals surface area contributed by atoms with Crippen molar-refractivity contribution < 1.29 is 9.53 Å². The molecule has 1 fully saturated rings. The van der Waals surface area contributed by atoms with E-state index < -0.39 is 5.60 Å². The van der Waals surface area contributed by atoms with Crippen LogP contribution >= 0.6 is 0 Å². The Balaban J connectivity index is 1.62. The molecule has 1 saturated heterocycles. The van der Waals surface area contributed by atoms with Crippen LogP contribution in [0.3, 0.4) is 0 Å². The van der Waals surface area contributed by atoms with Crippen molar-refractivity contribution in [2.75, 3.05) is 6.61 Å². The Labute approximate surface area is 141 Å². The summed E-state index contributed by atoms with van der Waals surface area (Å²) < 4.78 is 7.49. The summed E-state index contributed by atoms with van der Waals surface area (Å²) in [5, 5.41) is 7.05. The largest absolute Gasteiger partial charge is 0.367 e. The maximum atomic E-state index is 12.2. The minimum absolute atomic E-state index is 0.146. The Kier molecular flexibility index (Phi) is 4.62. The van der Waals surface area contributed by atoms with Gasteiger partial charge in [0.2, 0.25) is 0 Å². The molecule has 0 unspecified atom stereocenters. The lowest BCUT2D eigenvalue weighted by atomic mass is 9.95. The molecule has 2 aromatic rings. The zero-order chi connectivity index (χ0) is 17.2. The summed E-state index contributed by atoms with van der Waals surface area (Å²) in [7, 11) is 1.80. The number of carbonyl (C=O) groups is 1. The molecule has 0 spiro atoms. The lowest BCUT2D eigenvalue weighted by molar-refractivity contribution is -0.0760. The maximum absolute atomic E-state index is 12.2. The van der Waals surface area contributed by atoms with Gasteiger partial charge >= 0.3 is 0 Å². The van der Waals surface area contributed by atoms with Crippen LogP contribution < -0.4 is 5.32 Å². The van der Waals surface area contributed by atoms with Gasteiger partial charge in [0.25, 0.3) is 5.91 Å². The summed E-state index contributed by atoms with van der Waals surface area (Å²) in [6.45, 7) is 4.99. The van der Waals surface area contributed by atoms with Gasteiger partial charge in [-0.05, 0) is 33.1 Å². The highest BCUT2D eigenvalue weighted by molar-refractivity contribution is 5.94. The summed E-state index contributed by atoms with van der Waals surface area (Å²) in [5.41, 5.74) is 1.75. The Bertz CT molecular complexity index is 717. The van der Waals surface area contributed by atoms with Gasteiger partial charge in [0, 0.05) is 44.4 Å². The fourth-order valence-electron chi connectivity index (χ4n) is 2.93. The van der Waals surface area contributed by atoms with E-state index in [0.29, 0.717) is 23.6 Å². The van der Waals surface area contributed by atoms with Gasteiger partial charge in [-0.15, -0.1) is 0 Å². The van der Waals surface area contributed by atoms with E-state index in [9.17, 15) is 4.79 Å². The molecule has 128 valence electrons. The summed E-state index contributed by atoms with van der Waals surface area (Å²) in [6.07, 6.45) is 8.37. The van der Waals surface area contributed by atoms with Crippen LogP contribution in [0, 0.1) is 6.92 Å². The number of nitrogens with one attached hydrogen (secondary N) is 1. The molecule has 1 amide bonds. The lowest BCUT2D eigenvalue weighted by Crippen LogP contribution is -2.32. The minimum Gasteiger partial charge on any atom is -0.367 e. The smallest absolute Gasteiger partial charge is 0.255 e. The van der Waals surface area contributed by atoms with E-state index in [1.165, 1.54) is 0 Å². The molecule has 2 aromatic heterocycles. The van der Waals surface area contributed by atoms with Gasteiger partial charge in [-0.25, -0.2) is 9.97 Å². The highest BCUT2D eigenvalue weighted by atomic mass is 16.5. The number of aryl methyl sites for hydroxylation is 2. The number of hydrogen-bond donors (Lipinski definition) is 1. The van der Waals surface area contributed by atoms with E-state index in [2.05, 4.69) is 20.4 Å². The molecule has 0 saturated carbocycles. The summed E-state index contributed by atoms with van der Waals surface area (Å²) in [4.78, 5) is 21.1. The zero-order valence-electron chi connectivity index (χ0n) is 14.4. The Morgan fingerprint density at radius 2 is 2.12 bits per heavy atom. The Morgan fingerprint density at radius 1 is 1.38 bits per heavy atom. The van der Waals surface area contributed by atoms with E-state index in [0.717, 1.165) is 31.4 Å². The molecule has 3 heterocycles. The number of amides is 1. The molecule has 0 aliphatic carbocycles. The predicted octanol–water partition coefficient (Wildman–Crippen LogP) is 1.86. The molecular formula is C17H23N5O2.